The predicted octanol–water partition coefficient (Wildman–Crippen LogP) is 7.66. The van der Waals surface area contributed by atoms with E-state index in [4.69, 9.17) is 0 Å². The first kappa shape index (κ1) is 22.5. The molecule has 0 N–H and O–H groups in total. The van der Waals surface area contributed by atoms with Crippen molar-refractivity contribution in [2.45, 2.75) is 64.4 Å². The third-order valence-corrected chi connectivity index (χ3v) is 12.0. The lowest BCUT2D eigenvalue weighted by atomic mass is 10.1. The van der Waals surface area contributed by atoms with Crippen molar-refractivity contribution < 1.29 is 0 Å². The Morgan fingerprint density at radius 2 is 1.17 bits per heavy atom. The van der Waals surface area contributed by atoms with Crippen LogP contribution < -0.4 is 10.6 Å². The molecule has 1 aliphatic carbocycles. The summed E-state index contributed by atoms with van der Waals surface area (Å²) in [5.41, 5.74) is 0.564. The van der Waals surface area contributed by atoms with Gasteiger partial charge in [0.05, 0.1) is 0 Å². The maximum absolute atomic E-state index is 2.48. The van der Waals surface area contributed by atoms with E-state index in [2.05, 4.69) is 127 Å². The quantitative estimate of drug-likeness (QED) is 0.434. The number of rotatable bonds is 5. The van der Waals surface area contributed by atoms with Crippen molar-refractivity contribution in [3.05, 3.63) is 84.2 Å². The highest BCUT2D eigenvalue weighted by Crippen LogP contribution is 2.68. The van der Waals surface area contributed by atoms with Gasteiger partial charge < -0.3 is 0 Å². The minimum atomic E-state index is -0.428. The summed E-state index contributed by atoms with van der Waals surface area (Å²) in [4.78, 5) is 0. The fourth-order valence-electron chi connectivity index (χ4n) is 4.85. The molecule has 2 atom stereocenters. The highest BCUT2D eigenvalue weighted by molar-refractivity contribution is 7.73. The molecule has 2 aromatic carbocycles. The molecule has 0 aliphatic heterocycles. The zero-order valence-corrected chi connectivity index (χ0v) is 20.8. The van der Waals surface area contributed by atoms with Crippen LogP contribution in [0.1, 0.15) is 48.5 Å². The lowest BCUT2D eigenvalue weighted by Gasteiger charge is -2.45. The van der Waals surface area contributed by atoms with Gasteiger partial charge in [0.25, 0.3) is 0 Å². The molecule has 0 radical (unpaired) electrons. The van der Waals surface area contributed by atoms with Gasteiger partial charge in [0.2, 0.25) is 0 Å². The predicted molar refractivity (Wildman–Crippen MR) is 136 cm³/mol. The smallest absolute Gasteiger partial charge is 0.00968 e. The van der Waals surface area contributed by atoms with Crippen molar-refractivity contribution in [1.82, 2.24) is 0 Å². The summed E-state index contributed by atoms with van der Waals surface area (Å²) in [6.45, 7) is 17.1. The number of benzene rings is 2. The molecular weight excluding hydrogens is 386 g/mol. The molecule has 0 bridgehead atoms. The largest absolute Gasteiger partial charge is 0.0763 e. The van der Waals surface area contributed by atoms with Crippen molar-refractivity contribution in [1.29, 1.82) is 0 Å². The van der Waals surface area contributed by atoms with E-state index in [1.807, 2.05) is 0 Å². The highest BCUT2D eigenvalue weighted by atomic mass is 31.1. The van der Waals surface area contributed by atoms with Crippen LogP contribution in [0.5, 0.6) is 0 Å². The summed E-state index contributed by atoms with van der Waals surface area (Å²) in [5.74, 6) is 0.520. The zero-order chi connectivity index (χ0) is 21.2. The molecule has 3 rings (SSSR count). The minimum absolute atomic E-state index is 0.269. The first-order valence-electron chi connectivity index (χ1n) is 10.7. The van der Waals surface area contributed by atoms with E-state index in [1.165, 1.54) is 10.6 Å². The molecule has 1 unspecified atom stereocenters. The molecule has 29 heavy (non-hydrogen) atoms. The van der Waals surface area contributed by atoms with Crippen LogP contribution in [0.2, 0.25) is 0 Å². The molecule has 0 saturated carbocycles. The summed E-state index contributed by atoms with van der Waals surface area (Å²) < 4.78 is 0. The molecule has 0 aromatic heterocycles. The topological polar surface area (TPSA) is 0 Å². The maximum atomic E-state index is 2.48. The third kappa shape index (κ3) is 5.10. The number of hydrogen-bond acceptors (Lipinski definition) is 0. The molecule has 154 valence electrons. The van der Waals surface area contributed by atoms with Gasteiger partial charge >= 0.3 is 0 Å². The van der Waals surface area contributed by atoms with E-state index in [9.17, 15) is 0 Å². The Hall–Kier alpha value is -1.22. The third-order valence-electron chi connectivity index (χ3n) is 5.52. The Balaban J connectivity index is 2.03. The van der Waals surface area contributed by atoms with E-state index >= 15 is 0 Å². The summed E-state index contributed by atoms with van der Waals surface area (Å²) in [7, 11) is -0.697. The summed E-state index contributed by atoms with van der Waals surface area (Å²) >= 11 is 0. The molecule has 1 aliphatic rings. The lowest BCUT2D eigenvalue weighted by molar-refractivity contribution is 0.694. The standard InChI is InChI=1S/C27H36P2/c1-21(24-19-14-20-25(24)29(26(2,3)4)27(5,6)7)28(22-15-10-8-11-16-22)23-17-12-9-13-18-23/h8-21,24H,1-7H3/t21-,24?/m0/s1. The van der Waals surface area contributed by atoms with Crippen LogP contribution in [0.15, 0.2) is 84.2 Å². The second kappa shape index (κ2) is 8.88. The van der Waals surface area contributed by atoms with Crippen molar-refractivity contribution in [3.8, 4) is 0 Å². The molecule has 0 spiro atoms. The van der Waals surface area contributed by atoms with Gasteiger partial charge in [-0.15, -0.1) is 0 Å². The molecule has 2 heteroatoms. The Labute approximate surface area is 181 Å². The van der Waals surface area contributed by atoms with E-state index < -0.39 is 7.92 Å². The lowest BCUT2D eigenvalue weighted by Crippen LogP contribution is -2.31. The van der Waals surface area contributed by atoms with Crippen LogP contribution in [0.25, 0.3) is 0 Å². The van der Waals surface area contributed by atoms with E-state index in [-0.39, 0.29) is 7.92 Å². The van der Waals surface area contributed by atoms with Gasteiger partial charge in [-0.3, -0.25) is 0 Å². The van der Waals surface area contributed by atoms with Crippen molar-refractivity contribution in [2.75, 3.05) is 0 Å². The van der Waals surface area contributed by atoms with Gasteiger partial charge in [-0.25, -0.2) is 0 Å². The molecule has 2 aromatic rings. The zero-order valence-electron chi connectivity index (χ0n) is 19.1. The SMILES string of the molecule is C[C@@H](C1C=CC=C1P(C(C)(C)C)C(C)(C)C)P(c1ccccc1)c1ccccc1. The summed E-state index contributed by atoms with van der Waals surface area (Å²) in [5, 5.41) is 5.25. The van der Waals surface area contributed by atoms with Crippen LogP contribution in [-0.4, -0.2) is 16.0 Å². The Bertz CT molecular complexity index is 797. The van der Waals surface area contributed by atoms with E-state index in [0.29, 0.717) is 21.9 Å². The molecular formula is C27H36P2. The number of hydrogen-bond donors (Lipinski definition) is 0. The first-order valence-corrected chi connectivity index (χ1v) is 13.4. The molecule has 0 nitrogen and oxygen atoms in total. The second-order valence-electron chi connectivity index (χ2n) is 9.96. The average Bonchev–Trinajstić information content (AvgIpc) is 3.10. The van der Waals surface area contributed by atoms with Crippen molar-refractivity contribution in [3.63, 3.8) is 0 Å². The van der Waals surface area contributed by atoms with Gasteiger partial charge in [0.1, 0.15) is 0 Å². The Morgan fingerprint density at radius 3 is 1.59 bits per heavy atom. The van der Waals surface area contributed by atoms with Gasteiger partial charge in [0.15, 0.2) is 0 Å². The highest BCUT2D eigenvalue weighted by Gasteiger charge is 2.42. The summed E-state index contributed by atoms with van der Waals surface area (Å²) in [6.07, 6.45) is 7.26. The first-order chi connectivity index (χ1) is 13.6. The van der Waals surface area contributed by atoms with Gasteiger partial charge in [-0.1, -0.05) is 135 Å². The number of allylic oxidation sites excluding steroid dienone is 4. The Kier molecular flexibility index (Phi) is 6.88. The minimum Gasteiger partial charge on any atom is -0.0763 e. The van der Waals surface area contributed by atoms with E-state index in [0.717, 1.165) is 0 Å². The van der Waals surface area contributed by atoms with Crippen LogP contribution in [-0.2, 0) is 0 Å². The van der Waals surface area contributed by atoms with Crippen LogP contribution >= 0.6 is 15.8 Å². The van der Waals surface area contributed by atoms with Gasteiger partial charge in [-0.05, 0) is 39.8 Å². The second-order valence-corrected chi connectivity index (χ2v) is 16.4. The monoisotopic (exact) mass is 422 g/mol. The fraction of sp³-hybridized carbons (Fsp3) is 0.407. The molecule has 0 heterocycles. The van der Waals surface area contributed by atoms with Gasteiger partial charge in [0, 0.05) is 5.92 Å². The average molecular weight is 423 g/mol. The normalized spacial score (nSPS) is 18.4. The molecule has 0 saturated heterocycles. The molecule has 0 amide bonds. The van der Waals surface area contributed by atoms with Gasteiger partial charge in [-0.2, -0.15) is 0 Å². The van der Waals surface area contributed by atoms with Crippen molar-refractivity contribution in [2.24, 2.45) is 5.92 Å². The summed E-state index contributed by atoms with van der Waals surface area (Å²) in [6, 6.07) is 22.3. The Morgan fingerprint density at radius 1 is 0.724 bits per heavy atom. The van der Waals surface area contributed by atoms with Crippen LogP contribution in [0, 0.1) is 5.92 Å². The fourth-order valence-corrected chi connectivity index (χ4v) is 12.2. The van der Waals surface area contributed by atoms with Crippen LogP contribution in [0.4, 0.5) is 0 Å². The van der Waals surface area contributed by atoms with Crippen molar-refractivity contribution >= 4 is 26.5 Å². The van der Waals surface area contributed by atoms with Crippen LogP contribution in [0.3, 0.4) is 0 Å². The maximum Gasteiger partial charge on any atom is 0.00968 e. The molecule has 0 fully saturated rings. The van der Waals surface area contributed by atoms with E-state index in [1.54, 1.807) is 5.31 Å².